The largest absolute Gasteiger partial charge is 0.462 e. The highest BCUT2D eigenvalue weighted by molar-refractivity contribution is 5.94. The molecule has 116 valence electrons. The van der Waals surface area contributed by atoms with Crippen molar-refractivity contribution in [1.29, 1.82) is 0 Å². The molecule has 1 aromatic carbocycles. The van der Waals surface area contributed by atoms with E-state index >= 15 is 0 Å². The molecule has 1 amide bonds. The van der Waals surface area contributed by atoms with Gasteiger partial charge in [-0.05, 0) is 24.3 Å². The second-order valence-corrected chi connectivity index (χ2v) is 5.04. The fourth-order valence-corrected chi connectivity index (χ4v) is 2.36. The summed E-state index contributed by atoms with van der Waals surface area (Å²) in [6.07, 6.45) is 1.27. The van der Waals surface area contributed by atoms with Gasteiger partial charge in [-0.1, -0.05) is 0 Å². The van der Waals surface area contributed by atoms with E-state index in [1.165, 1.54) is 6.92 Å². The van der Waals surface area contributed by atoms with Crippen LogP contribution in [0.4, 0.5) is 5.69 Å². The van der Waals surface area contributed by atoms with Gasteiger partial charge in [0.1, 0.15) is 18.3 Å². The smallest absolute Gasteiger partial charge is 0.302 e. The maximum absolute atomic E-state index is 12.4. The van der Waals surface area contributed by atoms with Crippen LogP contribution in [0.15, 0.2) is 34.5 Å². The van der Waals surface area contributed by atoms with Crippen LogP contribution < -0.4 is 4.91 Å². The minimum Gasteiger partial charge on any atom is -0.462 e. The van der Waals surface area contributed by atoms with Crippen molar-refractivity contribution in [1.82, 2.24) is 9.81 Å². The van der Waals surface area contributed by atoms with Crippen LogP contribution in [0.3, 0.4) is 0 Å². The molecule has 1 heterocycles. The van der Waals surface area contributed by atoms with E-state index in [1.54, 1.807) is 36.2 Å². The standard InChI is InChI=1S/C15H19N4O3/c1-11(20)22-14-7-9-19(10-8-14)15(21)12-3-5-13(6-4-12)17-18-16-2/h3-6,14H,7-10H2,1-2H3/q+1. The van der Waals surface area contributed by atoms with Crippen LogP contribution in [0.1, 0.15) is 30.1 Å². The summed E-state index contributed by atoms with van der Waals surface area (Å²) in [5, 5.41) is 7.40. The topological polar surface area (TPSA) is 85.4 Å². The van der Waals surface area contributed by atoms with Gasteiger partial charge < -0.3 is 9.64 Å². The predicted molar refractivity (Wildman–Crippen MR) is 79.7 cm³/mol. The number of likely N-dealkylation sites (tertiary alicyclic amines) is 1. The molecule has 0 saturated carbocycles. The predicted octanol–water partition coefficient (Wildman–Crippen LogP) is 2.09. The van der Waals surface area contributed by atoms with Crippen LogP contribution in [0.2, 0.25) is 0 Å². The normalized spacial score (nSPS) is 14.9. The summed E-state index contributed by atoms with van der Waals surface area (Å²) >= 11 is 0. The Morgan fingerprint density at radius 1 is 1.23 bits per heavy atom. The summed E-state index contributed by atoms with van der Waals surface area (Å²) < 4.78 is 5.17. The van der Waals surface area contributed by atoms with Crippen molar-refractivity contribution in [2.75, 3.05) is 20.1 Å². The van der Waals surface area contributed by atoms with Crippen molar-refractivity contribution in [2.45, 2.75) is 25.9 Å². The van der Waals surface area contributed by atoms with Crippen molar-refractivity contribution in [3.05, 3.63) is 29.8 Å². The highest BCUT2D eigenvalue weighted by Gasteiger charge is 2.25. The van der Waals surface area contributed by atoms with Gasteiger partial charge in [0.25, 0.3) is 5.91 Å². The Morgan fingerprint density at radius 2 is 1.86 bits per heavy atom. The van der Waals surface area contributed by atoms with Crippen LogP contribution in [-0.2, 0) is 9.53 Å². The van der Waals surface area contributed by atoms with Gasteiger partial charge >= 0.3 is 5.97 Å². The third-order valence-electron chi connectivity index (χ3n) is 3.43. The van der Waals surface area contributed by atoms with Crippen LogP contribution in [-0.4, -0.2) is 43.0 Å². The van der Waals surface area contributed by atoms with Crippen molar-refractivity contribution >= 4 is 17.6 Å². The van der Waals surface area contributed by atoms with Crippen LogP contribution in [0, 0.1) is 0 Å². The number of esters is 1. The zero-order chi connectivity index (χ0) is 15.9. The number of benzene rings is 1. The molecular formula is C15H19N4O3+. The zero-order valence-electron chi connectivity index (χ0n) is 12.7. The van der Waals surface area contributed by atoms with Gasteiger partial charge in [0, 0.05) is 38.4 Å². The molecule has 0 aromatic heterocycles. The molecule has 0 unspecified atom stereocenters. The van der Waals surface area contributed by atoms with E-state index in [-0.39, 0.29) is 18.0 Å². The molecule has 1 aliphatic heterocycles. The minimum atomic E-state index is -0.270. The van der Waals surface area contributed by atoms with Gasteiger partial charge in [-0.2, -0.15) is 0 Å². The van der Waals surface area contributed by atoms with Crippen LogP contribution in [0.5, 0.6) is 0 Å². The second-order valence-electron chi connectivity index (χ2n) is 5.04. The first-order valence-electron chi connectivity index (χ1n) is 7.16. The average molecular weight is 303 g/mol. The Labute approximate surface area is 128 Å². The molecule has 0 spiro atoms. The molecule has 1 aromatic rings. The molecule has 0 radical (unpaired) electrons. The van der Waals surface area contributed by atoms with Crippen molar-refractivity contribution in [2.24, 2.45) is 10.2 Å². The van der Waals surface area contributed by atoms with Crippen molar-refractivity contribution in [3.63, 3.8) is 0 Å². The van der Waals surface area contributed by atoms with Gasteiger partial charge in [-0.15, -0.1) is 0 Å². The number of nitrogens with zero attached hydrogens (tertiary/aromatic N) is 4. The fourth-order valence-electron chi connectivity index (χ4n) is 2.36. The minimum absolute atomic E-state index is 0.0232. The molecule has 0 aliphatic carbocycles. The summed E-state index contributed by atoms with van der Waals surface area (Å²) in [6, 6.07) is 6.91. The van der Waals surface area contributed by atoms with E-state index < -0.39 is 0 Å². The van der Waals surface area contributed by atoms with Gasteiger partial charge in [0.2, 0.25) is 4.91 Å². The Morgan fingerprint density at radius 3 is 2.41 bits per heavy atom. The number of rotatable bonds is 3. The highest BCUT2D eigenvalue weighted by Crippen LogP contribution is 2.18. The van der Waals surface area contributed by atoms with Crippen LogP contribution in [0.25, 0.3) is 0 Å². The maximum atomic E-state index is 12.4. The summed E-state index contributed by atoms with van der Waals surface area (Å²) in [7, 11) is 1.54. The number of hydrogen-bond acceptors (Lipinski definition) is 5. The maximum Gasteiger partial charge on any atom is 0.302 e. The first kappa shape index (κ1) is 15.9. The lowest BCUT2D eigenvalue weighted by atomic mass is 10.1. The Bertz CT molecular complexity index is 598. The van der Waals surface area contributed by atoms with Gasteiger partial charge in [-0.25, -0.2) is 0 Å². The SMILES string of the molecule is CN=[N+]=Nc1ccc(C(=O)N2CCC(OC(C)=O)CC2)cc1. The van der Waals surface area contributed by atoms with E-state index in [9.17, 15) is 9.59 Å². The molecule has 0 atom stereocenters. The zero-order valence-corrected chi connectivity index (χ0v) is 12.7. The van der Waals surface area contributed by atoms with E-state index in [0.717, 1.165) is 0 Å². The van der Waals surface area contributed by atoms with E-state index in [1.807, 2.05) is 0 Å². The third-order valence-corrected chi connectivity index (χ3v) is 3.43. The Hall–Kier alpha value is -2.53. The van der Waals surface area contributed by atoms with Crippen molar-refractivity contribution in [3.8, 4) is 0 Å². The second kappa shape index (κ2) is 7.47. The van der Waals surface area contributed by atoms with Crippen molar-refractivity contribution < 1.29 is 14.3 Å². The quantitative estimate of drug-likeness (QED) is 0.487. The molecule has 0 bridgehead atoms. The molecule has 1 saturated heterocycles. The number of piperidine rings is 1. The number of amides is 1. The lowest BCUT2D eigenvalue weighted by Gasteiger charge is -2.31. The van der Waals surface area contributed by atoms with E-state index in [2.05, 4.69) is 15.1 Å². The van der Waals surface area contributed by atoms with E-state index in [0.29, 0.717) is 37.2 Å². The van der Waals surface area contributed by atoms with Gasteiger partial charge in [0.15, 0.2) is 10.8 Å². The van der Waals surface area contributed by atoms with E-state index in [4.69, 9.17) is 4.74 Å². The number of ether oxygens (including phenoxy) is 1. The Balaban J connectivity index is 1.95. The summed E-state index contributed by atoms with van der Waals surface area (Å²) in [5.74, 6) is -0.293. The molecule has 7 heteroatoms. The third kappa shape index (κ3) is 4.23. The summed E-state index contributed by atoms with van der Waals surface area (Å²) in [4.78, 5) is 28.7. The monoisotopic (exact) mass is 303 g/mol. The lowest BCUT2D eigenvalue weighted by Crippen LogP contribution is -2.41. The molecule has 1 fully saturated rings. The molecule has 22 heavy (non-hydrogen) atoms. The van der Waals surface area contributed by atoms with Gasteiger partial charge in [-0.3, -0.25) is 9.59 Å². The Kier molecular flexibility index (Phi) is 5.38. The molecule has 2 rings (SSSR count). The molecular weight excluding hydrogens is 284 g/mol. The fraction of sp³-hybridized carbons (Fsp3) is 0.467. The number of hydrogen-bond donors (Lipinski definition) is 0. The first-order chi connectivity index (χ1) is 10.6. The number of carbonyl (C=O) groups is 2. The number of carbonyl (C=O) groups excluding carboxylic acids is 2. The molecule has 1 aliphatic rings. The highest BCUT2D eigenvalue weighted by atomic mass is 16.5. The van der Waals surface area contributed by atoms with Crippen LogP contribution >= 0.6 is 0 Å². The van der Waals surface area contributed by atoms with Gasteiger partial charge in [0.05, 0.1) is 0 Å². The average Bonchev–Trinajstić information content (AvgIpc) is 2.53. The molecule has 7 nitrogen and oxygen atoms in total. The summed E-state index contributed by atoms with van der Waals surface area (Å²) in [6.45, 7) is 2.59. The lowest BCUT2D eigenvalue weighted by molar-refractivity contribution is -0.148. The molecule has 0 N–H and O–H groups in total. The summed E-state index contributed by atoms with van der Waals surface area (Å²) in [5.41, 5.74) is 1.26. The first-order valence-corrected chi connectivity index (χ1v) is 7.16.